The predicted octanol–water partition coefficient (Wildman–Crippen LogP) is 0.701. The Morgan fingerprint density at radius 2 is 2.21 bits per heavy atom. The van der Waals surface area contributed by atoms with Crippen LogP contribution in [-0.4, -0.2) is 46.8 Å². The molecule has 1 aromatic heterocycles. The van der Waals surface area contributed by atoms with E-state index in [0.717, 1.165) is 13.0 Å². The van der Waals surface area contributed by atoms with E-state index in [1.807, 2.05) is 6.92 Å². The first-order valence-electron chi connectivity index (χ1n) is 7.04. The van der Waals surface area contributed by atoms with Crippen LogP contribution in [0, 0.1) is 0 Å². The van der Waals surface area contributed by atoms with Gasteiger partial charge in [-0.1, -0.05) is 0 Å². The van der Waals surface area contributed by atoms with E-state index in [4.69, 9.17) is 5.73 Å². The third-order valence-corrected chi connectivity index (χ3v) is 3.46. The number of nitrogens with two attached hydrogens (primary N) is 1. The Balaban J connectivity index is 1.72. The van der Waals surface area contributed by atoms with E-state index in [0.29, 0.717) is 24.5 Å². The van der Waals surface area contributed by atoms with Crippen LogP contribution in [0.3, 0.4) is 0 Å². The van der Waals surface area contributed by atoms with Crippen molar-refractivity contribution in [1.29, 1.82) is 0 Å². The van der Waals surface area contributed by atoms with Crippen LogP contribution >= 0.6 is 0 Å². The van der Waals surface area contributed by atoms with Crippen LogP contribution < -0.4 is 11.1 Å². The van der Waals surface area contributed by atoms with Crippen molar-refractivity contribution in [2.45, 2.75) is 32.7 Å². The maximum Gasteiger partial charge on any atom is 0.273 e. The Hall–Kier alpha value is -1.56. The summed E-state index contributed by atoms with van der Waals surface area (Å²) < 4.78 is 1.68. The molecule has 6 heteroatoms. The number of nitrogens with one attached hydrogen (secondary N) is 1. The van der Waals surface area contributed by atoms with Crippen LogP contribution in [0.4, 0.5) is 5.69 Å². The molecule has 0 bridgehead atoms. The first-order valence-corrected chi connectivity index (χ1v) is 7.04. The van der Waals surface area contributed by atoms with E-state index < -0.39 is 0 Å². The van der Waals surface area contributed by atoms with E-state index in [-0.39, 0.29) is 5.91 Å². The highest BCUT2D eigenvalue weighted by atomic mass is 16.1. The monoisotopic (exact) mass is 265 g/mol. The van der Waals surface area contributed by atoms with Crippen LogP contribution in [0.25, 0.3) is 0 Å². The number of hydrogen-bond donors (Lipinski definition) is 2. The molecule has 0 radical (unpaired) electrons. The number of nitrogen functional groups attached to an aromatic ring is 1. The Kier molecular flexibility index (Phi) is 4.79. The summed E-state index contributed by atoms with van der Waals surface area (Å²) >= 11 is 0. The lowest BCUT2D eigenvalue weighted by Gasteiger charge is -2.14. The molecule has 0 unspecified atom stereocenters. The van der Waals surface area contributed by atoms with Crippen molar-refractivity contribution in [1.82, 2.24) is 20.0 Å². The van der Waals surface area contributed by atoms with Gasteiger partial charge in [-0.2, -0.15) is 5.10 Å². The van der Waals surface area contributed by atoms with Gasteiger partial charge in [0.2, 0.25) is 0 Å². The molecular weight excluding hydrogens is 242 g/mol. The van der Waals surface area contributed by atoms with Gasteiger partial charge in [-0.25, -0.2) is 0 Å². The summed E-state index contributed by atoms with van der Waals surface area (Å²) in [6.45, 7) is 6.80. The first-order chi connectivity index (χ1) is 9.20. The highest BCUT2D eigenvalue weighted by Crippen LogP contribution is 2.09. The summed E-state index contributed by atoms with van der Waals surface area (Å²) in [5, 5.41) is 7.03. The minimum Gasteiger partial charge on any atom is -0.396 e. The van der Waals surface area contributed by atoms with Gasteiger partial charge in [-0.15, -0.1) is 0 Å². The fraction of sp³-hybridized carbons (Fsp3) is 0.692. The molecule has 1 aliphatic rings. The van der Waals surface area contributed by atoms with Gasteiger partial charge in [0.05, 0.1) is 5.69 Å². The summed E-state index contributed by atoms with van der Waals surface area (Å²) in [5.41, 5.74) is 6.55. The highest BCUT2D eigenvalue weighted by molar-refractivity contribution is 5.96. The maximum absolute atomic E-state index is 11.9. The number of likely N-dealkylation sites (tertiary alicyclic amines) is 1. The SMILES string of the molecule is CCn1cc(N)c(C(=O)NCCCN2CCCC2)n1. The number of nitrogens with zero attached hydrogens (tertiary/aromatic N) is 3. The van der Waals surface area contributed by atoms with E-state index in [1.54, 1.807) is 10.9 Å². The van der Waals surface area contributed by atoms with Gasteiger partial charge in [-0.05, 0) is 45.8 Å². The molecule has 0 saturated carbocycles. The number of carbonyl (C=O) groups excluding carboxylic acids is 1. The summed E-state index contributed by atoms with van der Waals surface area (Å²) in [6, 6.07) is 0. The van der Waals surface area contributed by atoms with Gasteiger partial charge < -0.3 is 16.0 Å². The van der Waals surface area contributed by atoms with Crippen LogP contribution in [0.2, 0.25) is 0 Å². The third-order valence-electron chi connectivity index (χ3n) is 3.46. The van der Waals surface area contributed by atoms with Crippen molar-refractivity contribution < 1.29 is 4.79 Å². The number of rotatable bonds is 6. The lowest BCUT2D eigenvalue weighted by molar-refractivity contribution is 0.0947. The van der Waals surface area contributed by atoms with Gasteiger partial charge in [0.25, 0.3) is 5.91 Å². The summed E-state index contributed by atoms with van der Waals surface area (Å²) in [7, 11) is 0. The zero-order valence-corrected chi connectivity index (χ0v) is 11.6. The van der Waals surface area contributed by atoms with Crippen molar-refractivity contribution in [3.05, 3.63) is 11.9 Å². The Morgan fingerprint density at radius 3 is 2.84 bits per heavy atom. The largest absolute Gasteiger partial charge is 0.396 e. The average Bonchev–Trinajstić information content (AvgIpc) is 3.03. The van der Waals surface area contributed by atoms with Crippen LogP contribution in [0.1, 0.15) is 36.7 Å². The van der Waals surface area contributed by atoms with E-state index in [1.165, 1.54) is 25.9 Å². The molecule has 3 N–H and O–H groups in total. The fourth-order valence-electron chi connectivity index (χ4n) is 2.37. The molecule has 1 fully saturated rings. The molecule has 6 nitrogen and oxygen atoms in total. The summed E-state index contributed by atoms with van der Waals surface area (Å²) in [4.78, 5) is 14.3. The van der Waals surface area contributed by atoms with Gasteiger partial charge in [0.1, 0.15) is 0 Å². The molecule has 1 saturated heterocycles. The number of amides is 1. The number of anilines is 1. The number of hydrogen-bond acceptors (Lipinski definition) is 4. The summed E-state index contributed by atoms with van der Waals surface area (Å²) in [5.74, 6) is -0.175. The van der Waals surface area contributed by atoms with E-state index in [9.17, 15) is 4.79 Å². The fourth-order valence-corrected chi connectivity index (χ4v) is 2.37. The summed E-state index contributed by atoms with van der Waals surface area (Å²) in [6.07, 6.45) is 5.27. The molecule has 0 aliphatic carbocycles. The zero-order valence-electron chi connectivity index (χ0n) is 11.6. The molecule has 106 valence electrons. The normalized spacial score (nSPS) is 15.8. The van der Waals surface area contributed by atoms with Crippen molar-refractivity contribution in [2.75, 3.05) is 31.9 Å². The number of aryl methyl sites for hydroxylation is 1. The Labute approximate surface area is 113 Å². The lowest BCUT2D eigenvalue weighted by atomic mass is 10.3. The minimum absolute atomic E-state index is 0.175. The van der Waals surface area contributed by atoms with E-state index >= 15 is 0 Å². The molecule has 1 amide bonds. The molecular formula is C13H23N5O. The van der Waals surface area contributed by atoms with Crippen molar-refractivity contribution in [3.63, 3.8) is 0 Å². The maximum atomic E-state index is 11.9. The van der Waals surface area contributed by atoms with E-state index in [2.05, 4.69) is 15.3 Å². The lowest BCUT2D eigenvalue weighted by Crippen LogP contribution is -2.29. The second-order valence-electron chi connectivity index (χ2n) is 4.95. The van der Waals surface area contributed by atoms with Gasteiger partial charge >= 0.3 is 0 Å². The third kappa shape index (κ3) is 3.70. The van der Waals surface area contributed by atoms with Crippen LogP contribution in [0.15, 0.2) is 6.20 Å². The number of carbonyl (C=O) groups is 1. The van der Waals surface area contributed by atoms with Crippen LogP contribution in [0.5, 0.6) is 0 Å². The Bertz CT molecular complexity index is 423. The molecule has 19 heavy (non-hydrogen) atoms. The van der Waals surface area contributed by atoms with Crippen molar-refractivity contribution >= 4 is 11.6 Å². The van der Waals surface area contributed by atoms with Crippen LogP contribution in [-0.2, 0) is 6.54 Å². The zero-order chi connectivity index (χ0) is 13.7. The highest BCUT2D eigenvalue weighted by Gasteiger charge is 2.14. The second-order valence-corrected chi connectivity index (χ2v) is 4.95. The minimum atomic E-state index is -0.175. The first kappa shape index (κ1) is 13.9. The van der Waals surface area contributed by atoms with Crippen molar-refractivity contribution in [2.24, 2.45) is 0 Å². The molecule has 1 aromatic rings. The quantitative estimate of drug-likeness (QED) is 0.742. The standard InChI is InChI=1S/C13H23N5O/c1-2-18-10-11(14)12(16-18)13(19)15-6-5-9-17-7-3-4-8-17/h10H,2-9,14H2,1H3,(H,15,19). The Morgan fingerprint density at radius 1 is 1.47 bits per heavy atom. The smallest absolute Gasteiger partial charge is 0.273 e. The molecule has 0 aromatic carbocycles. The van der Waals surface area contributed by atoms with Crippen molar-refractivity contribution in [3.8, 4) is 0 Å². The van der Waals surface area contributed by atoms with Gasteiger partial charge in [0.15, 0.2) is 5.69 Å². The molecule has 2 heterocycles. The van der Waals surface area contributed by atoms with Gasteiger partial charge in [0, 0.05) is 19.3 Å². The molecule has 0 spiro atoms. The molecule has 1 aliphatic heterocycles. The number of aromatic nitrogens is 2. The second kappa shape index (κ2) is 6.56. The predicted molar refractivity (Wildman–Crippen MR) is 74.9 cm³/mol. The average molecular weight is 265 g/mol. The molecule has 0 atom stereocenters. The van der Waals surface area contributed by atoms with Gasteiger partial charge in [-0.3, -0.25) is 9.48 Å². The molecule has 2 rings (SSSR count). The topological polar surface area (TPSA) is 76.2 Å².